The van der Waals surface area contributed by atoms with E-state index in [2.05, 4.69) is 20.2 Å². The van der Waals surface area contributed by atoms with E-state index in [9.17, 15) is 22.0 Å². The van der Waals surface area contributed by atoms with Crippen molar-refractivity contribution in [2.24, 2.45) is 0 Å². The Morgan fingerprint density at radius 1 is 0.923 bits per heavy atom. The second-order valence-corrected chi connectivity index (χ2v) is 13.5. The van der Waals surface area contributed by atoms with Crippen molar-refractivity contribution in [1.82, 2.24) is 29.9 Å². The Labute approximate surface area is 294 Å². The standard InChI is InChI=1S/C30H21F2N7O2.C7H8O3S/c1-14-19-10-9-17(12-21(19)37-36-14)26-25-29(33)34-13-35-30(25)39(38-26)15(2)28-23(16-5-3-6-18(31)11-16)27(40)24-20(32)7-4-8-22(24)41-28;1-6-2-4-7(5-3-6)11(8,9)10/h3-13,15H,1-2H3,(H,36,37)(H2,33,34,35);2-5H,1H3,(H,8,9,10). The van der Waals surface area contributed by atoms with E-state index in [-0.39, 0.29) is 38.6 Å². The van der Waals surface area contributed by atoms with Crippen LogP contribution in [0.15, 0.2) is 105 Å². The monoisotopic (exact) mass is 721 g/mol. The molecule has 0 fully saturated rings. The molecule has 262 valence electrons. The van der Waals surface area contributed by atoms with Crippen molar-refractivity contribution >= 4 is 48.8 Å². The van der Waals surface area contributed by atoms with E-state index in [0.717, 1.165) is 27.7 Å². The van der Waals surface area contributed by atoms with Crippen molar-refractivity contribution in [2.45, 2.75) is 31.7 Å². The average molecular weight is 722 g/mol. The molecule has 4 N–H and O–H groups in total. The minimum Gasteiger partial charge on any atom is -0.458 e. The number of nitrogen functional groups attached to an aromatic ring is 1. The topological polar surface area (TPSA) is 183 Å². The van der Waals surface area contributed by atoms with E-state index in [1.54, 1.807) is 29.8 Å². The first kappa shape index (κ1) is 34.1. The van der Waals surface area contributed by atoms with Gasteiger partial charge >= 0.3 is 0 Å². The number of nitrogens with zero attached hydrogens (tertiary/aromatic N) is 5. The van der Waals surface area contributed by atoms with E-state index in [0.29, 0.717) is 16.7 Å². The van der Waals surface area contributed by atoms with Gasteiger partial charge in [0.05, 0.1) is 21.4 Å². The van der Waals surface area contributed by atoms with E-state index in [1.807, 2.05) is 32.0 Å². The van der Waals surface area contributed by atoms with Crippen LogP contribution in [0.1, 0.15) is 30.0 Å². The molecule has 0 spiro atoms. The lowest BCUT2D eigenvalue weighted by Crippen LogP contribution is -2.17. The van der Waals surface area contributed by atoms with Gasteiger partial charge in [-0.2, -0.15) is 18.6 Å². The molecule has 4 heterocycles. The molecular weight excluding hydrogens is 693 g/mol. The number of nitrogens with one attached hydrogen (secondary N) is 1. The van der Waals surface area contributed by atoms with E-state index >= 15 is 0 Å². The summed E-state index contributed by atoms with van der Waals surface area (Å²) >= 11 is 0. The van der Waals surface area contributed by atoms with Gasteiger partial charge in [-0.05, 0) is 68.8 Å². The summed E-state index contributed by atoms with van der Waals surface area (Å²) in [5, 5.41) is 13.5. The maximum absolute atomic E-state index is 14.8. The third-order valence-corrected chi connectivity index (χ3v) is 9.48. The molecule has 4 aromatic heterocycles. The number of H-pyrrole nitrogens is 1. The van der Waals surface area contributed by atoms with Crippen LogP contribution in [0.3, 0.4) is 0 Å². The Balaban J connectivity index is 0.000000329. The van der Waals surface area contributed by atoms with E-state index in [4.69, 9.17) is 19.8 Å². The van der Waals surface area contributed by atoms with Gasteiger partial charge in [0.15, 0.2) is 5.65 Å². The fourth-order valence-electron chi connectivity index (χ4n) is 6.01. The summed E-state index contributed by atoms with van der Waals surface area (Å²) < 4.78 is 66.5. The highest BCUT2D eigenvalue weighted by Gasteiger charge is 2.28. The van der Waals surface area contributed by atoms with Crippen LogP contribution >= 0.6 is 0 Å². The lowest BCUT2D eigenvalue weighted by Gasteiger charge is -2.17. The zero-order chi connectivity index (χ0) is 36.9. The predicted molar refractivity (Wildman–Crippen MR) is 192 cm³/mol. The van der Waals surface area contributed by atoms with Gasteiger partial charge < -0.3 is 10.2 Å². The molecule has 0 saturated carbocycles. The summed E-state index contributed by atoms with van der Waals surface area (Å²) in [6, 6.07) is 20.7. The van der Waals surface area contributed by atoms with Gasteiger partial charge in [-0.25, -0.2) is 23.4 Å². The van der Waals surface area contributed by atoms with Crippen molar-refractivity contribution in [1.29, 1.82) is 0 Å². The Hall–Kier alpha value is -6.32. The van der Waals surface area contributed by atoms with Crippen molar-refractivity contribution < 1.29 is 26.2 Å². The normalized spacial score (nSPS) is 12.3. The number of anilines is 1. The molecule has 0 aliphatic carbocycles. The first-order valence-corrected chi connectivity index (χ1v) is 17.2. The minimum absolute atomic E-state index is 0.0234. The molecule has 0 radical (unpaired) electrons. The number of rotatable bonds is 5. The first-order valence-electron chi connectivity index (χ1n) is 15.8. The van der Waals surface area contributed by atoms with Gasteiger partial charge in [0.25, 0.3) is 10.1 Å². The molecule has 52 heavy (non-hydrogen) atoms. The number of hydrogen-bond donors (Lipinski definition) is 3. The molecule has 0 aliphatic rings. The van der Waals surface area contributed by atoms with Crippen LogP contribution in [0.4, 0.5) is 14.6 Å². The molecule has 4 aromatic carbocycles. The highest BCUT2D eigenvalue weighted by Crippen LogP contribution is 2.37. The van der Waals surface area contributed by atoms with Crippen LogP contribution in [0.2, 0.25) is 0 Å². The maximum atomic E-state index is 14.8. The second kappa shape index (κ2) is 13.1. The molecule has 0 aliphatic heterocycles. The molecule has 1 atom stereocenters. The van der Waals surface area contributed by atoms with E-state index in [1.165, 1.54) is 54.9 Å². The summed E-state index contributed by atoms with van der Waals surface area (Å²) in [5.41, 5.74) is 10.3. The Morgan fingerprint density at radius 3 is 2.40 bits per heavy atom. The number of aromatic nitrogens is 6. The van der Waals surface area contributed by atoms with Crippen LogP contribution in [0, 0.1) is 25.5 Å². The van der Waals surface area contributed by atoms with Gasteiger partial charge in [-0.15, -0.1) is 0 Å². The Morgan fingerprint density at radius 2 is 1.67 bits per heavy atom. The summed E-state index contributed by atoms with van der Waals surface area (Å²) in [6.45, 7) is 5.54. The number of aryl methyl sites for hydroxylation is 2. The third kappa shape index (κ3) is 6.16. The maximum Gasteiger partial charge on any atom is 0.294 e. The largest absolute Gasteiger partial charge is 0.458 e. The molecule has 1 unspecified atom stereocenters. The van der Waals surface area contributed by atoms with Crippen molar-refractivity contribution in [3.05, 3.63) is 130 Å². The smallest absolute Gasteiger partial charge is 0.294 e. The lowest BCUT2D eigenvalue weighted by molar-refractivity contribution is 0.445. The zero-order valence-electron chi connectivity index (χ0n) is 27.8. The first-order chi connectivity index (χ1) is 24.8. The van der Waals surface area contributed by atoms with Gasteiger partial charge in [0.1, 0.15) is 52.2 Å². The molecule has 0 saturated heterocycles. The number of benzene rings is 4. The highest BCUT2D eigenvalue weighted by molar-refractivity contribution is 7.85. The van der Waals surface area contributed by atoms with Crippen LogP contribution in [-0.2, 0) is 10.1 Å². The second-order valence-electron chi connectivity index (χ2n) is 12.1. The third-order valence-electron chi connectivity index (χ3n) is 8.61. The molecule has 15 heteroatoms. The molecule has 8 aromatic rings. The van der Waals surface area contributed by atoms with Gasteiger partial charge in [-0.3, -0.25) is 14.4 Å². The Bertz CT molecular complexity index is 2830. The quantitative estimate of drug-likeness (QED) is 0.154. The van der Waals surface area contributed by atoms with Crippen molar-refractivity contribution in [3.8, 4) is 22.4 Å². The number of nitrogens with two attached hydrogens (primary N) is 1. The number of fused-ring (bicyclic) bond motifs is 3. The van der Waals surface area contributed by atoms with Crippen molar-refractivity contribution in [2.75, 3.05) is 5.73 Å². The van der Waals surface area contributed by atoms with E-state index < -0.39 is 33.2 Å². The summed E-state index contributed by atoms with van der Waals surface area (Å²) in [5.74, 6) is -0.908. The lowest BCUT2D eigenvalue weighted by atomic mass is 9.99. The van der Waals surface area contributed by atoms with Crippen LogP contribution in [0.5, 0.6) is 0 Å². The molecule has 12 nitrogen and oxygen atoms in total. The van der Waals surface area contributed by atoms with Crippen LogP contribution in [0.25, 0.3) is 55.3 Å². The van der Waals surface area contributed by atoms with Crippen LogP contribution < -0.4 is 11.2 Å². The summed E-state index contributed by atoms with van der Waals surface area (Å²) in [6.07, 6.45) is 1.33. The molecule has 8 rings (SSSR count). The number of halogens is 2. The minimum atomic E-state index is -4.02. The van der Waals surface area contributed by atoms with Crippen molar-refractivity contribution in [3.63, 3.8) is 0 Å². The number of aromatic amines is 1. The molecule has 0 bridgehead atoms. The predicted octanol–water partition coefficient (Wildman–Crippen LogP) is 7.16. The fraction of sp³-hybridized carbons (Fsp3) is 0.108. The molecular formula is C37H29F2N7O5S. The SMILES string of the molecule is Cc1[nH]nc2cc(-c3nn(C(C)c4oc5cccc(F)c5c(=O)c4-c4cccc(F)c4)c4ncnc(N)c34)ccc12.Cc1ccc(S(=O)(=O)O)cc1. The van der Waals surface area contributed by atoms with Crippen LogP contribution in [-0.4, -0.2) is 42.9 Å². The van der Waals surface area contributed by atoms with Gasteiger partial charge in [0.2, 0.25) is 5.43 Å². The number of hydrogen-bond acceptors (Lipinski definition) is 9. The Kier molecular flexibility index (Phi) is 8.60. The summed E-state index contributed by atoms with van der Waals surface area (Å²) in [4.78, 5) is 22.4. The fourth-order valence-corrected chi connectivity index (χ4v) is 6.49. The zero-order valence-corrected chi connectivity index (χ0v) is 28.6. The highest BCUT2D eigenvalue weighted by atomic mass is 32.2. The summed E-state index contributed by atoms with van der Waals surface area (Å²) in [7, 11) is -4.02. The van der Waals surface area contributed by atoms with Gasteiger partial charge in [0, 0.05) is 16.6 Å². The molecule has 0 amide bonds. The average Bonchev–Trinajstić information content (AvgIpc) is 3.69. The van der Waals surface area contributed by atoms with Gasteiger partial charge in [-0.1, -0.05) is 48.0 Å².